The lowest BCUT2D eigenvalue weighted by Crippen LogP contribution is -2.55. The van der Waals surface area contributed by atoms with Crippen molar-refractivity contribution in [3.05, 3.63) is 0 Å². The molecule has 0 aliphatic carbocycles. The van der Waals surface area contributed by atoms with Gasteiger partial charge in [-0.2, -0.15) is 0 Å². The van der Waals surface area contributed by atoms with E-state index in [1.807, 2.05) is 20.8 Å². The molecule has 0 spiro atoms. The summed E-state index contributed by atoms with van der Waals surface area (Å²) in [6.45, 7) is 8.23. The van der Waals surface area contributed by atoms with Gasteiger partial charge >= 0.3 is 17.6 Å². The molecule has 0 rings (SSSR count). The summed E-state index contributed by atoms with van der Waals surface area (Å²) < 4.78 is 32.8. The molecule has 144 valence electrons. The van der Waals surface area contributed by atoms with Crippen molar-refractivity contribution in [2.24, 2.45) is 0 Å². The Bertz CT molecular complexity index is 318. The third-order valence-electron chi connectivity index (χ3n) is 3.36. The van der Waals surface area contributed by atoms with E-state index in [9.17, 15) is 4.79 Å². The van der Waals surface area contributed by atoms with Crippen molar-refractivity contribution in [1.29, 1.82) is 0 Å². The molecule has 0 atom stereocenters. The third kappa shape index (κ3) is 7.37. The molecule has 0 radical (unpaired) electrons. The van der Waals surface area contributed by atoms with Gasteiger partial charge in [-0.25, -0.2) is 0 Å². The first-order valence-corrected chi connectivity index (χ1v) is 12.0. The SMILES string of the molecule is CCO[Si](CCCNCC(=O)[Si](OC)(OC)OC)(OCC)OCC. The maximum atomic E-state index is 12.2. The molecular weight excluding hydrogens is 350 g/mol. The average molecular weight is 384 g/mol. The molecule has 0 aromatic heterocycles. The van der Waals surface area contributed by atoms with Gasteiger partial charge in [-0.05, 0) is 33.7 Å². The quantitative estimate of drug-likeness (QED) is 0.312. The van der Waals surface area contributed by atoms with Gasteiger partial charge in [0.1, 0.15) is 0 Å². The second-order valence-corrected chi connectivity index (χ2v) is 10.5. The van der Waals surface area contributed by atoms with Crippen molar-refractivity contribution < 1.29 is 31.4 Å². The minimum absolute atomic E-state index is 0.133. The first-order chi connectivity index (χ1) is 11.5. The van der Waals surface area contributed by atoms with Gasteiger partial charge in [0.05, 0.1) is 6.54 Å². The monoisotopic (exact) mass is 383 g/mol. The molecule has 1 N–H and O–H groups in total. The fraction of sp³-hybridized carbons (Fsp3) is 0.929. The number of carbonyl (C=O) groups is 1. The molecular formula is C14H33NO7Si2. The molecule has 0 heterocycles. The molecule has 0 aliphatic rings. The molecule has 0 fully saturated rings. The molecule has 0 aliphatic heterocycles. The summed E-state index contributed by atoms with van der Waals surface area (Å²) in [6.07, 6.45) is 0.779. The molecule has 0 aromatic rings. The summed E-state index contributed by atoms with van der Waals surface area (Å²) in [5, 5.41) is 2.90. The van der Waals surface area contributed by atoms with E-state index in [4.69, 9.17) is 26.6 Å². The van der Waals surface area contributed by atoms with Crippen LogP contribution in [0.2, 0.25) is 6.04 Å². The Kier molecular flexibility index (Phi) is 13.0. The first kappa shape index (κ1) is 23.8. The summed E-state index contributed by atoms with van der Waals surface area (Å²) in [6, 6.07) is 0.700. The van der Waals surface area contributed by atoms with Gasteiger partial charge in [0.15, 0.2) is 0 Å². The Morgan fingerprint density at radius 1 is 0.875 bits per heavy atom. The molecule has 24 heavy (non-hydrogen) atoms. The fourth-order valence-electron chi connectivity index (χ4n) is 2.33. The van der Waals surface area contributed by atoms with Crippen LogP contribution in [0.15, 0.2) is 0 Å². The third-order valence-corrected chi connectivity index (χ3v) is 8.99. The molecule has 0 amide bonds. The minimum atomic E-state index is -3.22. The highest BCUT2D eigenvalue weighted by molar-refractivity contribution is 6.92. The van der Waals surface area contributed by atoms with Crippen LogP contribution in [0.3, 0.4) is 0 Å². The minimum Gasteiger partial charge on any atom is -0.374 e. The van der Waals surface area contributed by atoms with Crippen LogP contribution in [0.5, 0.6) is 0 Å². The van der Waals surface area contributed by atoms with Crippen LogP contribution in [-0.2, 0) is 31.4 Å². The molecule has 8 nitrogen and oxygen atoms in total. The lowest BCUT2D eigenvalue weighted by atomic mass is 10.5. The zero-order chi connectivity index (χ0) is 18.5. The summed E-state index contributed by atoms with van der Waals surface area (Å²) in [7, 11) is -1.58. The van der Waals surface area contributed by atoms with Crippen LogP contribution < -0.4 is 5.32 Å². The van der Waals surface area contributed by atoms with E-state index >= 15 is 0 Å². The summed E-state index contributed by atoms with van der Waals surface area (Å²) >= 11 is 0. The Hall–Kier alpha value is -0.176. The van der Waals surface area contributed by atoms with Crippen molar-refractivity contribution in [2.75, 3.05) is 54.2 Å². The summed E-state index contributed by atoms with van der Waals surface area (Å²) in [5.74, 6) is 0. The Morgan fingerprint density at radius 2 is 1.33 bits per heavy atom. The standard InChI is InChI=1S/C14H33NO7Si2/c1-7-20-23(21-8-2,22-9-3)12-10-11-15-13-14(16)24(17-4,18-5)19-6/h15H,7-13H2,1-6H3. The van der Waals surface area contributed by atoms with Gasteiger partial charge in [0.25, 0.3) is 0 Å². The van der Waals surface area contributed by atoms with E-state index in [0.717, 1.165) is 6.42 Å². The maximum Gasteiger partial charge on any atom is 0.575 e. The smallest absolute Gasteiger partial charge is 0.374 e. The lowest BCUT2D eigenvalue weighted by molar-refractivity contribution is -0.117. The van der Waals surface area contributed by atoms with Gasteiger partial charge in [0, 0.05) is 47.2 Å². The highest BCUT2D eigenvalue weighted by atomic mass is 28.4. The van der Waals surface area contributed by atoms with Gasteiger partial charge < -0.3 is 31.9 Å². The van der Waals surface area contributed by atoms with Gasteiger partial charge in [-0.15, -0.1) is 0 Å². The van der Waals surface area contributed by atoms with E-state index in [2.05, 4.69) is 5.32 Å². The van der Waals surface area contributed by atoms with Gasteiger partial charge in [-0.1, -0.05) is 0 Å². The number of hydrogen-bond acceptors (Lipinski definition) is 8. The van der Waals surface area contributed by atoms with Crippen molar-refractivity contribution in [3.63, 3.8) is 0 Å². The van der Waals surface area contributed by atoms with E-state index in [1.54, 1.807) is 0 Å². The second-order valence-electron chi connectivity index (χ2n) is 4.85. The summed E-state index contributed by atoms with van der Waals surface area (Å²) in [4.78, 5) is 12.2. The summed E-state index contributed by atoms with van der Waals surface area (Å²) in [5.41, 5.74) is 0. The highest BCUT2D eigenvalue weighted by Crippen LogP contribution is 2.17. The van der Waals surface area contributed by atoms with Crippen LogP contribution in [0.1, 0.15) is 27.2 Å². The first-order valence-electron chi connectivity index (χ1n) is 8.31. The van der Waals surface area contributed by atoms with E-state index < -0.39 is 17.6 Å². The molecule has 0 bridgehead atoms. The Balaban J connectivity index is 4.36. The second kappa shape index (κ2) is 13.1. The number of carbonyl (C=O) groups excluding carboxylic acids is 1. The number of rotatable bonds is 16. The molecule has 0 aromatic carbocycles. The van der Waals surface area contributed by atoms with Crippen LogP contribution in [0, 0.1) is 0 Å². The van der Waals surface area contributed by atoms with Gasteiger partial charge in [-0.3, -0.25) is 4.79 Å². The Morgan fingerprint density at radius 3 is 1.71 bits per heavy atom. The van der Waals surface area contributed by atoms with Gasteiger partial charge in [0.2, 0.25) is 5.41 Å². The van der Waals surface area contributed by atoms with Crippen LogP contribution in [0.25, 0.3) is 0 Å². The van der Waals surface area contributed by atoms with Crippen molar-refractivity contribution in [3.8, 4) is 0 Å². The van der Waals surface area contributed by atoms with E-state index in [0.29, 0.717) is 32.4 Å². The van der Waals surface area contributed by atoms with Crippen molar-refractivity contribution >= 4 is 23.0 Å². The van der Waals surface area contributed by atoms with Crippen molar-refractivity contribution in [2.45, 2.75) is 33.2 Å². The predicted molar refractivity (Wildman–Crippen MR) is 94.7 cm³/mol. The molecule has 0 saturated carbocycles. The molecule has 0 saturated heterocycles. The molecule has 10 heteroatoms. The molecule has 0 unspecified atom stereocenters. The largest absolute Gasteiger partial charge is 0.575 e. The fourth-order valence-corrected chi connectivity index (χ4v) is 6.47. The van der Waals surface area contributed by atoms with E-state index in [1.165, 1.54) is 21.3 Å². The predicted octanol–water partition coefficient (Wildman–Crippen LogP) is 1.00. The van der Waals surface area contributed by atoms with E-state index in [-0.39, 0.29) is 12.0 Å². The number of hydrogen-bond donors (Lipinski definition) is 1. The van der Waals surface area contributed by atoms with Crippen LogP contribution >= 0.6 is 0 Å². The lowest BCUT2D eigenvalue weighted by Gasteiger charge is -2.28. The normalized spacial score (nSPS) is 12.6. The number of nitrogens with one attached hydrogen (secondary N) is 1. The van der Waals surface area contributed by atoms with Crippen molar-refractivity contribution in [1.82, 2.24) is 5.32 Å². The topological polar surface area (TPSA) is 84.5 Å². The maximum absolute atomic E-state index is 12.2. The zero-order valence-corrected chi connectivity index (χ0v) is 17.8. The van der Waals surface area contributed by atoms with Crippen LogP contribution in [-0.4, -0.2) is 77.3 Å². The zero-order valence-electron chi connectivity index (χ0n) is 15.8. The average Bonchev–Trinajstić information content (AvgIpc) is 2.57. The Labute approximate surface area is 147 Å². The highest BCUT2D eigenvalue weighted by Gasteiger charge is 2.47. The van der Waals surface area contributed by atoms with Crippen LogP contribution in [0.4, 0.5) is 0 Å².